The van der Waals surface area contributed by atoms with Crippen molar-refractivity contribution in [3.05, 3.63) is 47.5 Å². The molecule has 0 N–H and O–H groups in total. The summed E-state index contributed by atoms with van der Waals surface area (Å²) in [4.78, 5) is 31.5. The molecule has 0 bridgehead atoms. The third-order valence-corrected chi connectivity index (χ3v) is 6.26. The summed E-state index contributed by atoms with van der Waals surface area (Å²) < 4.78 is 10.6. The van der Waals surface area contributed by atoms with Gasteiger partial charge in [0.1, 0.15) is 0 Å². The number of carbonyl (C=O) groups is 2. The molecule has 0 saturated carbocycles. The molecule has 31 heavy (non-hydrogen) atoms. The van der Waals surface area contributed by atoms with E-state index in [-0.39, 0.29) is 24.2 Å². The fraction of sp³-hybridized carbons (Fsp3) is 0.391. The molecule has 7 nitrogen and oxygen atoms in total. The van der Waals surface area contributed by atoms with E-state index < -0.39 is 0 Å². The topological polar surface area (TPSA) is 62.3 Å². The predicted molar refractivity (Wildman–Crippen MR) is 120 cm³/mol. The maximum Gasteiger partial charge on any atom is 0.228 e. The summed E-state index contributed by atoms with van der Waals surface area (Å²) >= 11 is 6.31. The smallest absolute Gasteiger partial charge is 0.228 e. The highest BCUT2D eigenvalue weighted by molar-refractivity contribution is 6.33. The molecule has 2 aromatic rings. The highest BCUT2D eigenvalue weighted by Crippen LogP contribution is 2.34. The Kier molecular flexibility index (Phi) is 6.23. The van der Waals surface area contributed by atoms with Crippen molar-refractivity contribution in [2.75, 3.05) is 56.7 Å². The average molecular weight is 444 g/mol. The van der Waals surface area contributed by atoms with Gasteiger partial charge in [0.2, 0.25) is 11.8 Å². The van der Waals surface area contributed by atoms with Crippen LogP contribution >= 0.6 is 11.6 Å². The molecule has 0 aromatic heterocycles. The van der Waals surface area contributed by atoms with Crippen LogP contribution in [0.1, 0.15) is 6.42 Å². The molecule has 1 unspecified atom stereocenters. The third kappa shape index (κ3) is 4.28. The van der Waals surface area contributed by atoms with E-state index in [4.69, 9.17) is 21.1 Å². The Morgan fingerprint density at radius 3 is 2.39 bits per heavy atom. The quantitative estimate of drug-likeness (QED) is 0.710. The zero-order valence-electron chi connectivity index (χ0n) is 17.7. The van der Waals surface area contributed by atoms with Gasteiger partial charge in [0, 0.05) is 50.9 Å². The predicted octanol–water partition coefficient (Wildman–Crippen LogP) is 3.06. The number of halogens is 1. The van der Waals surface area contributed by atoms with Crippen molar-refractivity contribution < 1.29 is 19.1 Å². The second kappa shape index (κ2) is 9.06. The number of hydrogen-bond acceptors (Lipinski definition) is 5. The summed E-state index contributed by atoms with van der Waals surface area (Å²) in [5, 5.41) is 0.717. The second-order valence-corrected chi connectivity index (χ2v) is 8.12. The zero-order valence-corrected chi connectivity index (χ0v) is 18.5. The van der Waals surface area contributed by atoms with Gasteiger partial charge in [-0.2, -0.15) is 0 Å². The summed E-state index contributed by atoms with van der Waals surface area (Å²) in [5.74, 6) is 0.794. The Bertz CT molecular complexity index is 975. The van der Waals surface area contributed by atoms with Crippen molar-refractivity contribution in [1.29, 1.82) is 0 Å². The summed E-state index contributed by atoms with van der Waals surface area (Å²) in [6, 6.07) is 13.1. The van der Waals surface area contributed by atoms with Crippen LogP contribution < -0.4 is 19.3 Å². The lowest BCUT2D eigenvalue weighted by molar-refractivity contribution is -0.136. The summed E-state index contributed by atoms with van der Waals surface area (Å²) in [6.07, 6.45) is 0.220. The Hall–Kier alpha value is -2.93. The van der Waals surface area contributed by atoms with Gasteiger partial charge in [-0.05, 0) is 24.3 Å². The Labute approximate surface area is 187 Å². The molecule has 2 fully saturated rings. The van der Waals surface area contributed by atoms with Crippen LogP contribution in [0.3, 0.4) is 0 Å². The van der Waals surface area contributed by atoms with Gasteiger partial charge in [-0.1, -0.05) is 23.7 Å². The van der Waals surface area contributed by atoms with Gasteiger partial charge in [0.25, 0.3) is 0 Å². The lowest BCUT2D eigenvalue weighted by Gasteiger charge is -2.37. The number of rotatable bonds is 5. The van der Waals surface area contributed by atoms with E-state index >= 15 is 0 Å². The molecule has 2 saturated heterocycles. The van der Waals surface area contributed by atoms with Crippen LogP contribution in [-0.2, 0) is 9.59 Å². The van der Waals surface area contributed by atoms with Gasteiger partial charge in [-0.3, -0.25) is 9.59 Å². The van der Waals surface area contributed by atoms with Gasteiger partial charge < -0.3 is 24.2 Å². The van der Waals surface area contributed by atoms with E-state index in [1.165, 1.54) is 0 Å². The minimum Gasteiger partial charge on any atom is -0.493 e. The molecular weight excluding hydrogens is 418 g/mol. The number of anilines is 2. The number of amides is 2. The molecule has 8 heteroatoms. The maximum atomic E-state index is 13.1. The fourth-order valence-electron chi connectivity index (χ4n) is 4.25. The SMILES string of the molecule is COc1ccc(N2CC(C(=O)N3CCN(c4ccccc4Cl)CC3)CC2=O)cc1OC. The molecule has 2 aliphatic heterocycles. The molecule has 0 spiro atoms. The second-order valence-electron chi connectivity index (χ2n) is 7.71. The molecule has 2 amide bonds. The third-order valence-electron chi connectivity index (χ3n) is 5.94. The van der Waals surface area contributed by atoms with Crippen LogP contribution in [0.25, 0.3) is 0 Å². The van der Waals surface area contributed by atoms with Crippen molar-refractivity contribution in [2.45, 2.75) is 6.42 Å². The number of para-hydroxylation sites is 1. The van der Waals surface area contributed by atoms with E-state index in [1.54, 1.807) is 31.3 Å². The molecule has 4 rings (SSSR count). The van der Waals surface area contributed by atoms with Crippen LogP contribution in [0.15, 0.2) is 42.5 Å². The van der Waals surface area contributed by atoms with Crippen LogP contribution in [0.5, 0.6) is 11.5 Å². The largest absolute Gasteiger partial charge is 0.493 e. The van der Waals surface area contributed by atoms with Gasteiger partial charge >= 0.3 is 0 Å². The fourth-order valence-corrected chi connectivity index (χ4v) is 4.50. The number of methoxy groups -OCH3 is 2. The lowest BCUT2D eigenvalue weighted by atomic mass is 10.1. The van der Waals surface area contributed by atoms with Crippen LogP contribution in [0.2, 0.25) is 5.02 Å². The number of nitrogens with zero attached hydrogens (tertiary/aromatic N) is 3. The number of piperazine rings is 1. The van der Waals surface area contributed by atoms with Crippen molar-refractivity contribution in [1.82, 2.24) is 4.90 Å². The van der Waals surface area contributed by atoms with Crippen molar-refractivity contribution in [2.24, 2.45) is 5.92 Å². The number of carbonyl (C=O) groups excluding carboxylic acids is 2. The van der Waals surface area contributed by atoms with Gasteiger partial charge in [-0.15, -0.1) is 0 Å². The maximum absolute atomic E-state index is 13.1. The molecule has 164 valence electrons. The first kappa shape index (κ1) is 21.3. The minimum atomic E-state index is -0.340. The molecule has 2 aliphatic rings. The summed E-state index contributed by atoms with van der Waals surface area (Å²) in [5.41, 5.74) is 1.70. The van der Waals surface area contributed by atoms with Gasteiger partial charge in [0.15, 0.2) is 11.5 Å². The van der Waals surface area contributed by atoms with Crippen molar-refractivity contribution in [3.63, 3.8) is 0 Å². The molecular formula is C23H26ClN3O4. The van der Waals surface area contributed by atoms with E-state index in [0.29, 0.717) is 41.8 Å². The number of hydrogen-bond donors (Lipinski definition) is 0. The first-order valence-corrected chi connectivity index (χ1v) is 10.7. The van der Waals surface area contributed by atoms with Gasteiger partial charge in [-0.25, -0.2) is 0 Å². The normalized spacial score (nSPS) is 19.0. The number of ether oxygens (including phenoxy) is 2. The lowest BCUT2D eigenvalue weighted by Crippen LogP contribution is -2.50. The molecule has 0 radical (unpaired) electrons. The molecule has 1 atom stereocenters. The Balaban J connectivity index is 1.39. The monoisotopic (exact) mass is 443 g/mol. The van der Waals surface area contributed by atoms with Crippen LogP contribution in [0, 0.1) is 5.92 Å². The first-order valence-electron chi connectivity index (χ1n) is 10.3. The van der Waals surface area contributed by atoms with Crippen LogP contribution in [0.4, 0.5) is 11.4 Å². The van der Waals surface area contributed by atoms with E-state index in [2.05, 4.69) is 4.90 Å². The average Bonchev–Trinajstić information content (AvgIpc) is 3.20. The Morgan fingerprint density at radius 2 is 1.71 bits per heavy atom. The molecule has 0 aliphatic carbocycles. The zero-order chi connectivity index (χ0) is 22.0. The highest BCUT2D eigenvalue weighted by atomic mass is 35.5. The first-order chi connectivity index (χ1) is 15.0. The molecule has 2 heterocycles. The highest BCUT2D eigenvalue weighted by Gasteiger charge is 2.38. The van der Waals surface area contributed by atoms with Gasteiger partial charge in [0.05, 0.1) is 30.8 Å². The number of benzene rings is 2. The van der Waals surface area contributed by atoms with E-state index in [9.17, 15) is 9.59 Å². The summed E-state index contributed by atoms with van der Waals surface area (Å²) in [6.45, 7) is 3.04. The van der Waals surface area contributed by atoms with Crippen molar-refractivity contribution >= 4 is 34.8 Å². The standard InChI is InChI=1S/C23H26ClN3O4/c1-30-20-8-7-17(14-21(20)31-2)27-15-16(13-22(27)28)23(29)26-11-9-25(10-12-26)19-6-4-3-5-18(19)24/h3-8,14,16H,9-13,15H2,1-2H3. The van der Waals surface area contributed by atoms with Crippen LogP contribution in [-0.4, -0.2) is 63.7 Å². The Morgan fingerprint density at radius 1 is 1.00 bits per heavy atom. The van der Waals surface area contributed by atoms with Crippen molar-refractivity contribution in [3.8, 4) is 11.5 Å². The molecule has 2 aromatic carbocycles. The summed E-state index contributed by atoms with van der Waals surface area (Å²) in [7, 11) is 3.13. The van der Waals surface area contributed by atoms with E-state index in [0.717, 1.165) is 18.8 Å². The minimum absolute atomic E-state index is 0.0372. The van der Waals surface area contributed by atoms with E-state index in [1.807, 2.05) is 35.2 Å².